The zero-order valence-electron chi connectivity index (χ0n) is 10.9. The Morgan fingerprint density at radius 3 is 2.94 bits per heavy atom. The van der Waals surface area contributed by atoms with Gasteiger partial charge in [0.2, 0.25) is 0 Å². The van der Waals surface area contributed by atoms with Gasteiger partial charge in [-0.3, -0.25) is 0 Å². The fraction of sp³-hybridized carbons (Fsp3) is 0.923. The lowest BCUT2D eigenvalue weighted by Gasteiger charge is -2.38. The van der Waals surface area contributed by atoms with E-state index in [-0.39, 0.29) is 17.7 Å². The molecule has 2 atom stereocenters. The Hall–Kier alpha value is -0.810. The van der Waals surface area contributed by atoms with E-state index in [1.807, 2.05) is 4.90 Å². The lowest BCUT2D eigenvalue weighted by atomic mass is 9.89. The summed E-state index contributed by atoms with van der Waals surface area (Å²) >= 11 is 0. The molecule has 2 amide bonds. The summed E-state index contributed by atoms with van der Waals surface area (Å²) in [5.74, 6) is 0. The van der Waals surface area contributed by atoms with Crippen LogP contribution in [0.2, 0.25) is 0 Å². The van der Waals surface area contributed by atoms with Crippen molar-refractivity contribution in [3.8, 4) is 0 Å². The second kappa shape index (κ2) is 5.05. The van der Waals surface area contributed by atoms with Crippen LogP contribution in [-0.2, 0) is 4.74 Å². The van der Waals surface area contributed by atoms with Crippen molar-refractivity contribution in [3.05, 3.63) is 0 Å². The summed E-state index contributed by atoms with van der Waals surface area (Å²) < 4.78 is 5.94. The molecule has 3 saturated heterocycles. The topological polar surface area (TPSA) is 53.6 Å². The molecule has 0 unspecified atom stereocenters. The molecule has 5 nitrogen and oxygen atoms in total. The summed E-state index contributed by atoms with van der Waals surface area (Å²) in [6, 6.07) is 0.409. The zero-order chi connectivity index (χ0) is 12.4. The van der Waals surface area contributed by atoms with E-state index >= 15 is 0 Å². The number of nitrogens with one attached hydrogen (secondary N) is 2. The highest BCUT2D eigenvalue weighted by molar-refractivity contribution is 5.74. The third-order valence-corrected chi connectivity index (χ3v) is 4.42. The summed E-state index contributed by atoms with van der Waals surface area (Å²) in [6.45, 7) is 4.58. The Morgan fingerprint density at radius 1 is 1.39 bits per heavy atom. The molecule has 1 spiro atoms. The predicted octanol–water partition coefficient (Wildman–Crippen LogP) is 0.703. The monoisotopic (exact) mass is 253 g/mol. The number of rotatable bonds is 1. The first-order valence-electron chi connectivity index (χ1n) is 7.18. The Bertz CT molecular complexity index is 309. The van der Waals surface area contributed by atoms with Crippen LogP contribution in [0.5, 0.6) is 0 Å². The van der Waals surface area contributed by atoms with Gasteiger partial charge in [0.05, 0.1) is 5.60 Å². The minimum atomic E-state index is -0.0127. The van der Waals surface area contributed by atoms with Crippen LogP contribution in [0.25, 0.3) is 0 Å². The van der Waals surface area contributed by atoms with Crippen LogP contribution in [0.4, 0.5) is 4.79 Å². The molecule has 18 heavy (non-hydrogen) atoms. The molecule has 0 aliphatic carbocycles. The van der Waals surface area contributed by atoms with Crippen LogP contribution in [0, 0.1) is 0 Å². The van der Waals surface area contributed by atoms with Gasteiger partial charge in [0.25, 0.3) is 0 Å². The largest absolute Gasteiger partial charge is 0.373 e. The fourth-order valence-corrected chi connectivity index (χ4v) is 3.36. The van der Waals surface area contributed by atoms with Gasteiger partial charge in [-0.05, 0) is 38.6 Å². The SMILES string of the molecule is O=C(N[C@H]1CCO[C@]2(CCNC2)C1)N1CCCC1. The molecule has 0 aromatic carbocycles. The van der Waals surface area contributed by atoms with E-state index in [1.165, 1.54) is 0 Å². The standard InChI is InChI=1S/C13H23N3O2/c17-12(16-6-1-2-7-16)15-11-3-8-18-13(9-11)4-5-14-10-13/h11,14H,1-10H2,(H,15,17)/t11-,13+/m0/s1. The average molecular weight is 253 g/mol. The fourth-order valence-electron chi connectivity index (χ4n) is 3.36. The second-order valence-corrected chi connectivity index (χ2v) is 5.79. The lowest BCUT2D eigenvalue weighted by molar-refractivity contribution is -0.0731. The molecule has 3 aliphatic heterocycles. The molecule has 5 heteroatoms. The van der Waals surface area contributed by atoms with Crippen LogP contribution < -0.4 is 10.6 Å². The maximum atomic E-state index is 12.1. The first kappa shape index (κ1) is 12.2. The number of amides is 2. The van der Waals surface area contributed by atoms with Gasteiger partial charge in [-0.2, -0.15) is 0 Å². The van der Waals surface area contributed by atoms with Crippen LogP contribution in [0.1, 0.15) is 32.1 Å². The Balaban J connectivity index is 1.54. The molecule has 0 bridgehead atoms. The van der Waals surface area contributed by atoms with Crippen LogP contribution in [-0.4, -0.2) is 55.4 Å². The van der Waals surface area contributed by atoms with Crippen LogP contribution in [0.3, 0.4) is 0 Å². The number of likely N-dealkylation sites (tertiary alicyclic amines) is 1. The Labute approximate surface area is 108 Å². The third kappa shape index (κ3) is 2.47. The summed E-state index contributed by atoms with van der Waals surface area (Å²) in [5, 5.41) is 6.55. The zero-order valence-corrected chi connectivity index (χ0v) is 10.9. The summed E-state index contributed by atoms with van der Waals surface area (Å²) in [6.07, 6.45) is 5.27. The number of hydrogen-bond donors (Lipinski definition) is 2. The van der Waals surface area contributed by atoms with E-state index in [4.69, 9.17) is 4.74 Å². The molecular formula is C13H23N3O2. The van der Waals surface area contributed by atoms with Crippen LogP contribution in [0.15, 0.2) is 0 Å². The highest BCUT2D eigenvalue weighted by atomic mass is 16.5. The lowest BCUT2D eigenvalue weighted by Crippen LogP contribution is -2.52. The van der Waals surface area contributed by atoms with Gasteiger partial charge in [-0.25, -0.2) is 4.79 Å². The van der Waals surface area contributed by atoms with Gasteiger partial charge >= 0.3 is 6.03 Å². The van der Waals surface area contributed by atoms with Gasteiger partial charge < -0.3 is 20.3 Å². The van der Waals surface area contributed by atoms with E-state index in [0.29, 0.717) is 0 Å². The van der Waals surface area contributed by atoms with Gasteiger partial charge in [0.15, 0.2) is 0 Å². The molecule has 3 fully saturated rings. The summed E-state index contributed by atoms with van der Waals surface area (Å²) in [4.78, 5) is 14.0. The minimum Gasteiger partial charge on any atom is -0.373 e. The van der Waals surface area contributed by atoms with Crippen molar-refractivity contribution in [3.63, 3.8) is 0 Å². The number of ether oxygens (including phenoxy) is 1. The molecule has 3 aliphatic rings. The van der Waals surface area contributed by atoms with E-state index < -0.39 is 0 Å². The van der Waals surface area contributed by atoms with E-state index in [2.05, 4.69) is 10.6 Å². The molecule has 0 aromatic rings. The van der Waals surface area contributed by atoms with Crippen molar-refractivity contribution in [2.24, 2.45) is 0 Å². The smallest absolute Gasteiger partial charge is 0.317 e. The van der Waals surface area contributed by atoms with Gasteiger partial charge in [0, 0.05) is 32.3 Å². The minimum absolute atomic E-state index is 0.0127. The maximum Gasteiger partial charge on any atom is 0.317 e. The average Bonchev–Trinajstić information content (AvgIpc) is 3.01. The molecule has 0 aromatic heterocycles. The van der Waals surface area contributed by atoms with Crippen molar-refractivity contribution < 1.29 is 9.53 Å². The normalized spacial score (nSPS) is 36.2. The second-order valence-electron chi connectivity index (χ2n) is 5.79. The van der Waals surface area contributed by atoms with Gasteiger partial charge in [0.1, 0.15) is 0 Å². The Morgan fingerprint density at radius 2 is 2.22 bits per heavy atom. The Kier molecular flexibility index (Phi) is 3.43. The van der Waals surface area contributed by atoms with E-state index in [9.17, 15) is 4.79 Å². The van der Waals surface area contributed by atoms with Gasteiger partial charge in [-0.15, -0.1) is 0 Å². The van der Waals surface area contributed by atoms with Crippen LogP contribution >= 0.6 is 0 Å². The highest BCUT2D eigenvalue weighted by Crippen LogP contribution is 2.30. The summed E-state index contributed by atoms with van der Waals surface area (Å²) in [7, 11) is 0. The highest BCUT2D eigenvalue weighted by Gasteiger charge is 2.40. The number of urea groups is 1. The molecule has 0 radical (unpaired) electrons. The maximum absolute atomic E-state index is 12.1. The number of carbonyl (C=O) groups is 1. The molecule has 2 N–H and O–H groups in total. The van der Waals surface area contributed by atoms with Crippen molar-refractivity contribution >= 4 is 6.03 Å². The van der Waals surface area contributed by atoms with Gasteiger partial charge in [-0.1, -0.05) is 0 Å². The number of carbonyl (C=O) groups excluding carboxylic acids is 1. The van der Waals surface area contributed by atoms with Crippen molar-refractivity contribution in [2.45, 2.75) is 43.7 Å². The third-order valence-electron chi connectivity index (χ3n) is 4.42. The molecule has 3 heterocycles. The number of hydrogen-bond acceptors (Lipinski definition) is 3. The molecule has 0 saturated carbocycles. The quantitative estimate of drug-likeness (QED) is 0.723. The molecular weight excluding hydrogens is 230 g/mol. The molecule has 3 rings (SSSR count). The van der Waals surface area contributed by atoms with E-state index in [0.717, 1.165) is 64.9 Å². The van der Waals surface area contributed by atoms with Crippen molar-refractivity contribution in [1.82, 2.24) is 15.5 Å². The van der Waals surface area contributed by atoms with E-state index in [1.54, 1.807) is 0 Å². The predicted molar refractivity (Wildman–Crippen MR) is 68.5 cm³/mol. The van der Waals surface area contributed by atoms with Crippen molar-refractivity contribution in [2.75, 3.05) is 32.8 Å². The number of nitrogens with zero attached hydrogens (tertiary/aromatic N) is 1. The van der Waals surface area contributed by atoms with Crippen molar-refractivity contribution in [1.29, 1.82) is 0 Å². The summed E-state index contributed by atoms with van der Waals surface area (Å²) in [5.41, 5.74) is -0.0127. The first-order valence-corrected chi connectivity index (χ1v) is 7.18. The first-order chi connectivity index (χ1) is 8.77. The molecule has 102 valence electrons.